The zero-order valence-electron chi connectivity index (χ0n) is 9.90. The fraction of sp³-hybridized carbons (Fsp3) is 0.273. The number of anilines is 1. The third-order valence-corrected chi connectivity index (χ3v) is 4.77. The minimum atomic E-state index is -3.94. The molecule has 1 aromatic heterocycles. The van der Waals surface area contributed by atoms with Crippen LogP contribution in [0.3, 0.4) is 0 Å². The molecule has 0 aliphatic carbocycles. The highest BCUT2D eigenvalue weighted by Gasteiger charge is 2.32. The zero-order valence-corrected chi connectivity index (χ0v) is 10.7. The van der Waals surface area contributed by atoms with E-state index in [0.29, 0.717) is 13.0 Å². The summed E-state index contributed by atoms with van der Waals surface area (Å²) in [6, 6.07) is 5.32. The van der Waals surface area contributed by atoms with E-state index in [9.17, 15) is 12.8 Å². The van der Waals surface area contributed by atoms with Crippen LogP contribution in [-0.2, 0) is 16.6 Å². The SMILES string of the molecule is O=S(=O)(c1ccccc1F)N1CCCn2ncnc21. The van der Waals surface area contributed by atoms with Crippen molar-refractivity contribution in [3.05, 3.63) is 36.4 Å². The van der Waals surface area contributed by atoms with Gasteiger partial charge in [0, 0.05) is 13.1 Å². The molecule has 0 atom stereocenters. The Morgan fingerprint density at radius 3 is 2.79 bits per heavy atom. The third-order valence-electron chi connectivity index (χ3n) is 2.95. The fourth-order valence-electron chi connectivity index (χ4n) is 2.07. The second-order valence-corrected chi connectivity index (χ2v) is 5.98. The van der Waals surface area contributed by atoms with Gasteiger partial charge in [0.15, 0.2) is 0 Å². The number of fused-ring (bicyclic) bond motifs is 1. The molecule has 0 saturated carbocycles. The van der Waals surface area contributed by atoms with E-state index in [-0.39, 0.29) is 17.4 Å². The van der Waals surface area contributed by atoms with Crippen LogP contribution in [0.5, 0.6) is 0 Å². The summed E-state index contributed by atoms with van der Waals surface area (Å²) >= 11 is 0. The first-order valence-corrected chi connectivity index (χ1v) is 7.20. The Morgan fingerprint density at radius 1 is 1.21 bits per heavy atom. The summed E-state index contributed by atoms with van der Waals surface area (Å²) in [7, 11) is -3.94. The molecule has 0 fully saturated rings. The van der Waals surface area contributed by atoms with Gasteiger partial charge in [-0.05, 0) is 18.6 Å². The van der Waals surface area contributed by atoms with Crippen molar-refractivity contribution in [1.82, 2.24) is 14.8 Å². The first-order valence-electron chi connectivity index (χ1n) is 5.76. The van der Waals surface area contributed by atoms with Crippen LogP contribution in [0, 0.1) is 5.82 Å². The summed E-state index contributed by atoms with van der Waals surface area (Å²) in [6.45, 7) is 0.883. The summed E-state index contributed by atoms with van der Waals surface area (Å²) in [6.07, 6.45) is 1.91. The number of hydrogen-bond donors (Lipinski definition) is 0. The minimum absolute atomic E-state index is 0.231. The van der Waals surface area contributed by atoms with E-state index >= 15 is 0 Å². The number of rotatable bonds is 2. The van der Waals surface area contributed by atoms with Gasteiger partial charge in [0.2, 0.25) is 5.95 Å². The largest absolute Gasteiger partial charge is 0.269 e. The molecule has 0 bridgehead atoms. The van der Waals surface area contributed by atoms with Gasteiger partial charge in [0.25, 0.3) is 10.0 Å². The average Bonchev–Trinajstić information content (AvgIpc) is 2.86. The maximum absolute atomic E-state index is 13.7. The first-order chi connectivity index (χ1) is 9.10. The average molecular weight is 282 g/mol. The zero-order chi connectivity index (χ0) is 13.5. The summed E-state index contributed by atoms with van der Waals surface area (Å²) < 4.78 is 41.2. The normalized spacial score (nSPS) is 15.3. The van der Waals surface area contributed by atoms with Gasteiger partial charge in [-0.3, -0.25) is 0 Å². The Morgan fingerprint density at radius 2 is 2.00 bits per heavy atom. The number of halogens is 1. The predicted octanol–water partition coefficient (Wildman–Crippen LogP) is 1.02. The molecule has 3 rings (SSSR count). The van der Waals surface area contributed by atoms with Gasteiger partial charge < -0.3 is 0 Å². The molecule has 1 aromatic carbocycles. The third kappa shape index (κ3) is 1.88. The van der Waals surface area contributed by atoms with Crippen molar-refractivity contribution in [2.45, 2.75) is 17.9 Å². The van der Waals surface area contributed by atoms with Crippen LogP contribution in [0.4, 0.5) is 10.3 Å². The van der Waals surface area contributed by atoms with Crippen molar-refractivity contribution in [1.29, 1.82) is 0 Å². The van der Waals surface area contributed by atoms with E-state index in [1.807, 2.05) is 0 Å². The molecule has 0 radical (unpaired) electrons. The van der Waals surface area contributed by atoms with Gasteiger partial charge in [-0.1, -0.05) is 12.1 Å². The van der Waals surface area contributed by atoms with E-state index < -0.39 is 15.8 Å². The molecule has 8 heteroatoms. The van der Waals surface area contributed by atoms with E-state index in [1.54, 1.807) is 0 Å². The van der Waals surface area contributed by atoms with Crippen molar-refractivity contribution in [3.63, 3.8) is 0 Å². The van der Waals surface area contributed by atoms with Crippen LogP contribution >= 0.6 is 0 Å². The molecule has 6 nitrogen and oxygen atoms in total. The highest BCUT2D eigenvalue weighted by atomic mass is 32.2. The number of aryl methyl sites for hydroxylation is 1. The highest BCUT2D eigenvalue weighted by Crippen LogP contribution is 2.26. The lowest BCUT2D eigenvalue weighted by Gasteiger charge is -2.27. The molecule has 0 spiro atoms. The highest BCUT2D eigenvalue weighted by molar-refractivity contribution is 7.92. The second-order valence-electron chi connectivity index (χ2n) is 4.14. The molecule has 2 aromatic rings. The van der Waals surface area contributed by atoms with Gasteiger partial charge in [-0.2, -0.15) is 10.1 Å². The van der Waals surface area contributed by atoms with Crippen molar-refractivity contribution >= 4 is 16.0 Å². The molecular weight excluding hydrogens is 271 g/mol. The van der Waals surface area contributed by atoms with Gasteiger partial charge in [-0.15, -0.1) is 0 Å². The molecule has 0 N–H and O–H groups in total. The predicted molar refractivity (Wildman–Crippen MR) is 65.6 cm³/mol. The quantitative estimate of drug-likeness (QED) is 0.824. The molecule has 1 aliphatic heterocycles. The number of hydrogen-bond acceptors (Lipinski definition) is 4. The van der Waals surface area contributed by atoms with Gasteiger partial charge in [0.1, 0.15) is 17.0 Å². The van der Waals surface area contributed by atoms with Crippen molar-refractivity contribution in [2.24, 2.45) is 0 Å². The Bertz CT molecular complexity index is 713. The Hall–Kier alpha value is -1.96. The molecule has 100 valence electrons. The van der Waals surface area contributed by atoms with Crippen LogP contribution in [0.2, 0.25) is 0 Å². The number of sulfonamides is 1. The molecule has 1 aliphatic rings. The van der Waals surface area contributed by atoms with Crippen LogP contribution in [0.25, 0.3) is 0 Å². The van der Waals surface area contributed by atoms with E-state index in [1.165, 1.54) is 29.2 Å². The summed E-state index contributed by atoms with van der Waals surface area (Å²) in [4.78, 5) is 3.59. The maximum atomic E-state index is 13.7. The fourth-order valence-corrected chi connectivity index (χ4v) is 3.60. The van der Waals surface area contributed by atoms with E-state index in [4.69, 9.17) is 0 Å². The topological polar surface area (TPSA) is 68.1 Å². The second kappa shape index (κ2) is 4.30. The van der Waals surface area contributed by atoms with Crippen molar-refractivity contribution < 1.29 is 12.8 Å². The van der Waals surface area contributed by atoms with Crippen LogP contribution in [0.1, 0.15) is 6.42 Å². The summed E-state index contributed by atoms with van der Waals surface area (Å²) in [5, 5.41) is 3.94. The minimum Gasteiger partial charge on any atom is -0.234 e. The van der Waals surface area contributed by atoms with Gasteiger partial charge >= 0.3 is 0 Å². The maximum Gasteiger partial charge on any atom is 0.269 e. The monoisotopic (exact) mass is 282 g/mol. The van der Waals surface area contributed by atoms with E-state index in [0.717, 1.165) is 10.4 Å². The first kappa shape index (κ1) is 12.1. The van der Waals surface area contributed by atoms with Crippen molar-refractivity contribution in [3.8, 4) is 0 Å². The molecule has 0 saturated heterocycles. The molecule has 0 amide bonds. The number of nitrogens with zero attached hydrogens (tertiary/aromatic N) is 4. The van der Waals surface area contributed by atoms with E-state index in [2.05, 4.69) is 10.1 Å². The van der Waals surface area contributed by atoms with Crippen molar-refractivity contribution in [2.75, 3.05) is 10.8 Å². The van der Waals surface area contributed by atoms with Crippen LogP contribution in [0.15, 0.2) is 35.5 Å². The lowest BCUT2D eigenvalue weighted by Crippen LogP contribution is -2.38. The molecule has 19 heavy (non-hydrogen) atoms. The van der Waals surface area contributed by atoms with Gasteiger partial charge in [-0.25, -0.2) is 21.8 Å². The number of aromatic nitrogens is 3. The van der Waals surface area contributed by atoms with Gasteiger partial charge in [0.05, 0.1) is 0 Å². The lowest BCUT2D eigenvalue weighted by molar-refractivity contribution is 0.524. The van der Waals surface area contributed by atoms with Crippen LogP contribution in [-0.4, -0.2) is 29.7 Å². The smallest absolute Gasteiger partial charge is 0.234 e. The Labute approximate surface area is 109 Å². The Balaban J connectivity index is 2.11. The number of benzene rings is 1. The summed E-state index contributed by atoms with van der Waals surface area (Å²) in [5.74, 6) is -0.534. The molecular formula is C11H11FN4O2S. The van der Waals surface area contributed by atoms with Crippen LogP contribution < -0.4 is 4.31 Å². The standard InChI is InChI=1S/C11H11FN4O2S/c12-9-4-1-2-5-10(9)19(17,18)16-7-3-6-15-11(16)13-8-14-15/h1-2,4-5,8H,3,6-7H2. The lowest BCUT2D eigenvalue weighted by atomic mass is 10.3. The Kier molecular flexibility index (Phi) is 2.74. The summed E-state index contributed by atoms with van der Waals surface area (Å²) in [5.41, 5.74) is 0. The molecule has 2 heterocycles. The molecule has 0 unspecified atom stereocenters.